The van der Waals surface area contributed by atoms with E-state index in [2.05, 4.69) is 216 Å². The molecule has 0 saturated heterocycles. The van der Waals surface area contributed by atoms with Crippen molar-refractivity contribution in [3.05, 3.63) is 144 Å². The minimum Gasteiger partial charge on any atom is -0.678 e. The molecule has 640 valence electrons. The average Bonchev–Trinajstić information content (AvgIpc) is 0.917. The molecule has 0 aliphatic heterocycles. The first-order valence-corrected chi connectivity index (χ1v) is 37.7. The van der Waals surface area contributed by atoms with Gasteiger partial charge in [0.15, 0.2) is 0 Å². The van der Waals surface area contributed by atoms with Crippen LogP contribution in [0.1, 0.15) is 350 Å². The van der Waals surface area contributed by atoms with Crippen LogP contribution >= 0.6 is 0 Å². The molecule has 104 heavy (non-hydrogen) atoms. The van der Waals surface area contributed by atoms with Crippen molar-refractivity contribution in [1.29, 1.82) is 0 Å². The molecule has 4 saturated carbocycles. The van der Waals surface area contributed by atoms with Crippen LogP contribution in [0.2, 0.25) is 0 Å². The van der Waals surface area contributed by atoms with Crippen LogP contribution in [0.15, 0.2) is 0 Å². The Morgan fingerprint density at radius 2 is 0.365 bits per heavy atom. The molecule has 0 aromatic heterocycles. The largest absolute Gasteiger partial charge is 0.678 e. The van der Waals surface area contributed by atoms with Gasteiger partial charge in [0.2, 0.25) is 0 Å². The third kappa shape index (κ3) is 116. The first-order chi connectivity index (χ1) is 42.5. The summed E-state index contributed by atoms with van der Waals surface area (Å²) in [5.41, 5.74) is 0.215. The van der Waals surface area contributed by atoms with Crippen LogP contribution in [0, 0.1) is 59.4 Å². The Labute approximate surface area is 737 Å². The molecular formula is C84H184Hf2N16Zr2-24. The van der Waals surface area contributed by atoms with E-state index >= 15 is 0 Å². The number of hydrogen-bond donors (Lipinski definition) is 0. The summed E-state index contributed by atoms with van der Waals surface area (Å²) in [4.78, 5) is 0. The molecule has 4 fully saturated rings. The van der Waals surface area contributed by atoms with Gasteiger partial charge in [-0.25, -0.2) is 49.3 Å². The van der Waals surface area contributed by atoms with E-state index < -0.39 is 0 Å². The summed E-state index contributed by atoms with van der Waals surface area (Å²) in [6.07, 6.45) is 28.7. The van der Waals surface area contributed by atoms with Crippen molar-refractivity contribution >= 4 is 0 Å². The van der Waals surface area contributed by atoms with Gasteiger partial charge in [0.25, 0.3) is 0 Å². The monoisotopic (exact) mass is 1960 g/mol. The Morgan fingerprint density at radius 1 is 0.231 bits per heavy atom. The Morgan fingerprint density at radius 3 is 0.471 bits per heavy atom. The smallest absolute Gasteiger partial charge is 0 e. The second-order valence-electron chi connectivity index (χ2n) is 31.0. The van der Waals surface area contributed by atoms with Gasteiger partial charge in [-0.05, 0) is 0 Å². The molecule has 16 nitrogen and oxygen atoms in total. The van der Waals surface area contributed by atoms with E-state index in [0.29, 0.717) is 48.3 Å². The van der Waals surface area contributed by atoms with Gasteiger partial charge in [-0.15, -0.1) is 126 Å². The van der Waals surface area contributed by atoms with Crippen molar-refractivity contribution in [1.82, 2.24) is 0 Å². The quantitative estimate of drug-likeness (QED) is 0.0526. The first kappa shape index (κ1) is 145. The van der Waals surface area contributed by atoms with Crippen molar-refractivity contribution in [3.8, 4) is 0 Å². The predicted molar refractivity (Wildman–Crippen MR) is 470 cm³/mol. The predicted octanol–water partition coefficient (Wildman–Crippen LogP) is 30.5. The summed E-state index contributed by atoms with van der Waals surface area (Å²) in [6.45, 7) is 69.8. The molecule has 4 atom stereocenters. The van der Waals surface area contributed by atoms with Crippen LogP contribution in [0.4, 0.5) is 0 Å². The van der Waals surface area contributed by atoms with E-state index in [0.717, 1.165) is 26.2 Å². The normalized spacial score (nSPS) is 15.9. The van der Waals surface area contributed by atoms with Crippen LogP contribution in [-0.4, -0.2) is 146 Å². The van der Waals surface area contributed by atoms with Crippen LogP contribution in [0.25, 0.3) is 85.1 Å². The number of rotatable bonds is 28. The summed E-state index contributed by atoms with van der Waals surface area (Å²) < 4.78 is 0. The molecule has 0 aromatic carbocycles. The van der Waals surface area contributed by atoms with Crippen molar-refractivity contribution in [2.75, 3.05) is 26.2 Å². The zero-order chi connectivity index (χ0) is 71.5. The third-order valence-corrected chi connectivity index (χ3v) is 14.1. The van der Waals surface area contributed by atoms with Gasteiger partial charge in [0.1, 0.15) is 0 Å². The first-order valence-electron chi connectivity index (χ1n) is 37.7. The van der Waals surface area contributed by atoms with Crippen molar-refractivity contribution in [2.24, 2.45) is 0 Å². The Kier molecular flexibility index (Phi) is 123. The summed E-state index contributed by atoms with van der Waals surface area (Å²) in [5.74, 6) is 0. The zero-order valence-corrected chi connectivity index (χ0v) is 89.5. The van der Waals surface area contributed by atoms with Gasteiger partial charge in [-0.2, -0.15) is 26.2 Å². The SMILES string of the molecule is CC(C)[N-]C(C)[N-]C(C)C.CC(C)[N-]C(C)[N-]C(C)C.CC([N-]C1CCCCC1)[N-]C1CCCCC1.CC([N-]C1CCCCC1)[N-]C1CCCCC1.CC[N-]C(C)[N-]C(C)(C)C.CC[N-]C(C)[N-]C(C)(C)C.CC[N-]C(C)[N-]C(C)(C)C.CC[N-]C(C)[N-]C(C)(C)C.[CH3-].[CH3-].[CH3-].[CH3-].[CH3-].[CH3-].[CH3-].[CH3-].[Hf].[Hf].[Zr].[Zr]. The molecule has 4 aliphatic rings. The van der Waals surface area contributed by atoms with Crippen LogP contribution in [0.5, 0.6) is 0 Å². The second kappa shape index (κ2) is 88.2. The van der Waals surface area contributed by atoms with Crippen LogP contribution in [0.3, 0.4) is 0 Å². The summed E-state index contributed by atoms with van der Waals surface area (Å²) in [5, 5.41) is 71.6. The molecule has 0 bridgehead atoms. The van der Waals surface area contributed by atoms with E-state index in [-0.39, 0.29) is 235 Å². The van der Waals surface area contributed by atoms with E-state index in [1.807, 2.05) is 69.2 Å². The standard InChI is InChI=1S/2C14H26N2.6C8H18N2.8CH3.2Hf.2Zr/c2*1-12(15-13-8-4-2-5-9-13)16-14-10-6-3-7-11-14;4*1-6-9-7(2)10-8(3,4)5;2*1-6(2)9-8(5)10-7(3)4;;;;;;;;;;;;/h2*12-14H,2-11H2,1H3;4*7H,6H2,1-5H3;2*6-8H,1-5H3;8*1H3;;;;/q8*-2;8*-1;;;;. The van der Waals surface area contributed by atoms with E-state index in [9.17, 15) is 0 Å². The van der Waals surface area contributed by atoms with Gasteiger partial charge in [-0.1, -0.05) is 295 Å². The van der Waals surface area contributed by atoms with Gasteiger partial charge in [0, 0.05) is 104 Å². The maximum absolute atomic E-state index is 4.86. The fraction of sp³-hybridized carbons (Fsp3) is 0.905. The number of nitrogens with zero attached hydrogens (tertiary/aromatic N) is 16. The van der Waals surface area contributed by atoms with Gasteiger partial charge >= 0.3 is 0 Å². The van der Waals surface area contributed by atoms with Gasteiger partial charge in [0.05, 0.1) is 0 Å². The summed E-state index contributed by atoms with van der Waals surface area (Å²) in [6, 6.07) is 4.09. The van der Waals surface area contributed by atoms with E-state index in [4.69, 9.17) is 21.3 Å². The maximum Gasteiger partial charge on any atom is 0 e. The average molecular weight is 1960 g/mol. The Hall–Kier alpha value is 2.87. The zero-order valence-electron chi connectivity index (χ0n) is 77.4. The van der Waals surface area contributed by atoms with Crippen molar-refractivity contribution < 1.29 is 104 Å². The molecule has 4 unspecified atom stereocenters. The molecule has 4 aliphatic carbocycles. The molecule has 0 radical (unpaired) electrons. The van der Waals surface area contributed by atoms with Gasteiger partial charge < -0.3 is 144 Å². The second-order valence-corrected chi connectivity index (χ2v) is 31.0. The molecular weight excluding hydrogens is 1770 g/mol. The van der Waals surface area contributed by atoms with Crippen LogP contribution in [-0.2, 0) is 104 Å². The number of hydrogen-bond acceptors (Lipinski definition) is 0. The Bertz CT molecular complexity index is 1330. The molecule has 0 N–H and O–H groups in total. The molecule has 0 heterocycles. The fourth-order valence-corrected chi connectivity index (χ4v) is 11.5. The van der Waals surface area contributed by atoms with Gasteiger partial charge in [-0.3, -0.25) is 0 Å². The van der Waals surface area contributed by atoms with Crippen molar-refractivity contribution in [2.45, 2.75) is 470 Å². The minimum atomic E-state index is 0. The summed E-state index contributed by atoms with van der Waals surface area (Å²) in [7, 11) is 0. The fourth-order valence-electron chi connectivity index (χ4n) is 11.5. The van der Waals surface area contributed by atoms with E-state index in [1.54, 1.807) is 0 Å². The molecule has 4 rings (SSSR count). The molecule has 20 heteroatoms. The maximum atomic E-state index is 4.86. The molecule has 0 amide bonds. The minimum absolute atomic E-state index is 0. The van der Waals surface area contributed by atoms with E-state index in [1.165, 1.54) is 128 Å². The molecule has 0 aromatic rings. The third-order valence-electron chi connectivity index (χ3n) is 14.1. The van der Waals surface area contributed by atoms with Crippen LogP contribution < -0.4 is 0 Å². The van der Waals surface area contributed by atoms with Crippen molar-refractivity contribution in [3.63, 3.8) is 0 Å². The Balaban J connectivity index is -0.0000000604. The topological polar surface area (TPSA) is 226 Å². The summed E-state index contributed by atoms with van der Waals surface area (Å²) >= 11 is 0. The molecule has 0 spiro atoms.